The van der Waals surface area contributed by atoms with Gasteiger partial charge in [0.2, 0.25) is 5.82 Å². The van der Waals surface area contributed by atoms with Crippen molar-refractivity contribution in [2.24, 2.45) is 5.73 Å². The normalized spacial score (nSPS) is 18.1. The maximum Gasteiger partial charge on any atom is 0.270 e. The molecule has 2 heterocycles. The molecule has 96 valence electrons. The summed E-state index contributed by atoms with van der Waals surface area (Å²) in [6.45, 7) is 3.23. The molecule has 1 fully saturated rings. The van der Waals surface area contributed by atoms with Crippen LogP contribution in [0.15, 0.2) is 0 Å². The Hall–Kier alpha value is -0.960. The van der Waals surface area contributed by atoms with Crippen molar-refractivity contribution < 1.29 is 14.6 Å². The number of morpholine rings is 1. The highest BCUT2D eigenvalue weighted by Gasteiger charge is 2.20. The zero-order chi connectivity index (χ0) is 12.1. The number of aliphatic hydroxyl groups excluding tert-OH is 1. The van der Waals surface area contributed by atoms with Gasteiger partial charge in [-0.2, -0.15) is 4.37 Å². The second kappa shape index (κ2) is 6.10. The molecule has 0 saturated carbocycles. The third-order valence-corrected chi connectivity index (χ3v) is 2.94. The Kier molecular flexibility index (Phi) is 4.49. The van der Waals surface area contributed by atoms with Gasteiger partial charge in [-0.05, 0) is 0 Å². The lowest BCUT2D eigenvalue weighted by Crippen LogP contribution is -2.36. The highest BCUT2D eigenvalue weighted by Crippen LogP contribution is 2.26. The largest absolute Gasteiger partial charge is 0.472 e. The van der Waals surface area contributed by atoms with Crippen LogP contribution in [-0.4, -0.2) is 59.4 Å². The highest BCUT2D eigenvalue weighted by atomic mass is 32.1. The van der Waals surface area contributed by atoms with Gasteiger partial charge in [-0.25, -0.2) is 0 Å². The van der Waals surface area contributed by atoms with E-state index in [4.69, 9.17) is 15.2 Å². The first-order valence-corrected chi connectivity index (χ1v) is 6.20. The van der Waals surface area contributed by atoms with Crippen molar-refractivity contribution in [1.29, 1.82) is 0 Å². The van der Waals surface area contributed by atoms with Gasteiger partial charge in [0.1, 0.15) is 12.7 Å². The molecule has 2 rings (SSSR count). The lowest BCUT2D eigenvalue weighted by molar-refractivity contribution is 0.110. The topological polar surface area (TPSA) is 93.7 Å². The molecule has 0 amide bonds. The molecule has 1 saturated heterocycles. The van der Waals surface area contributed by atoms with Crippen LogP contribution in [0.25, 0.3) is 0 Å². The van der Waals surface area contributed by atoms with Crippen LogP contribution in [0.5, 0.6) is 5.88 Å². The van der Waals surface area contributed by atoms with Crippen molar-refractivity contribution in [1.82, 2.24) is 8.75 Å². The van der Waals surface area contributed by atoms with Gasteiger partial charge in [-0.3, -0.25) is 0 Å². The first-order chi connectivity index (χ1) is 8.31. The Morgan fingerprint density at radius 2 is 2.24 bits per heavy atom. The number of aliphatic hydroxyl groups is 1. The number of anilines is 1. The third kappa shape index (κ3) is 3.25. The molecular weight excluding hydrogens is 244 g/mol. The van der Waals surface area contributed by atoms with E-state index in [0.717, 1.165) is 30.6 Å². The molecule has 1 aliphatic rings. The van der Waals surface area contributed by atoms with E-state index in [2.05, 4.69) is 13.6 Å². The van der Waals surface area contributed by atoms with Crippen LogP contribution in [0, 0.1) is 0 Å². The molecule has 8 heteroatoms. The first kappa shape index (κ1) is 12.5. The summed E-state index contributed by atoms with van der Waals surface area (Å²) in [5, 5.41) is 9.33. The molecule has 7 nitrogen and oxygen atoms in total. The molecule has 17 heavy (non-hydrogen) atoms. The van der Waals surface area contributed by atoms with Crippen molar-refractivity contribution in [2.45, 2.75) is 6.10 Å². The fourth-order valence-electron chi connectivity index (χ4n) is 1.48. The van der Waals surface area contributed by atoms with Crippen LogP contribution in [-0.2, 0) is 4.74 Å². The van der Waals surface area contributed by atoms with E-state index in [9.17, 15) is 5.11 Å². The van der Waals surface area contributed by atoms with Crippen LogP contribution < -0.4 is 15.4 Å². The van der Waals surface area contributed by atoms with Crippen molar-refractivity contribution >= 4 is 17.5 Å². The zero-order valence-electron chi connectivity index (χ0n) is 9.41. The number of hydrogen-bond donors (Lipinski definition) is 2. The number of aromatic nitrogens is 2. The van der Waals surface area contributed by atoms with Crippen LogP contribution in [0.4, 0.5) is 5.82 Å². The van der Waals surface area contributed by atoms with E-state index in [1.54, 1.807) is 0 Å². The van der Waals surface area contributed by atoms with Gasteiger partial charge in [-0.15, -0.1) is 4.37 Å². The van der Waals surface area contributed by atoms with Gasteiger partial charge in [0.05, 0.1) is 24.9 Å². The molecular formula is C9H16N4O3S. The predicted octanol–water partition coefficient (Wildman–Crippen LogP) is -0.927. The van der Waals surface area contributed by atoms with Crippen molar-refractivity contribution in [3.8, 4) is 5.88 Å². The average molecular weight is 260 g/mol. The summed E-state index contributed by atoms with van der Waals surface area (Å²) < 4.78 is 19.0. The molecule has 0 aliphatic carbocycles. The van der Waals surface area contributed by atoms with E-state index in [1.165, 1.54) is 0 Å². The van der Waals surface area contributed by atoms with Gasteiger partial charge in [-0.1, -0.05) is 0 Å². The summed E-state index contributed by atoms with van der Waals surface area (Å²) in [7, 11) is 0. The Morgan fingerprint density at radius 3 is 2.94 bits per heavy atom. The van der Waals surface area contributed by atoms with Crippen molar-refractivity contribution in [2.75, 3.05) is 44.4 Å². The van der Waals surface area contributed by atoms with Crippen LogP contribution >= 0.6 is 11.7 Å². The maximum atomic E-state index is 9.33. The minimum Gasteiger partial charge on any atom is -0.472 e. The quantitative estimate of drug-likeness (QED) is 0.706. The maximum absolute atomic E-state index is 9.33. The van der Waals surface area contributed by atoms with Gasteiger partial charge in [0.25, 0.3) is 5.88 Å². The molecule has 1 aliphatic heterocycles. The van der Waals surface area contributed by atoms with Gasteiger partial charge in [0.15, 0.2) is 0 Å². The zero-order valence-corrected chi connectivity index (χ0v) is 10.2. The fraction of sp³-hybridized carbons (Fsp3) is 0.778. The second-order valence-corrected chi connectivity index (χ2v) is 4.22. The van der Waals surface area contributed by atoms with E-state index >= 15 is 0 Å². The van der Waals surface area contributed by atoms with Crippen LogP contribution in [0.2, 0.25) is 0 Å². The smallest absolute Gasteiger partial charge is 0.270 e. The summed E-state index contributed by atoms with van der Waals surface area (Å²) in [4.78, 5) is 2.07. The molecule has 1 unspecified atom stereocenters. The molecule has 0 radical (unpaired) electrons. The van der Waals surface area contributed by atoms with Gasteiger partial charge in [0, 0.05) is 19.6 Å². The van der Waals surface area contributed by atoms with E-state index in [0.29, 0.717) is 19.1 Å². The summed E-state index contributed by atoms with van der Waals surface area (Å²) in [6.07, 6.45) is -0.672. The molecule has 0 spiro atoms. The molecule has 1 aromatic rings. The lowest BCUT2D eigenvalue weighted by atomic mass is 10.4. The van der Waals surface area contributed by atoms with E-state index in [-0.39, 0.29) is 13.2 Å². The number of rotatable bonds is 5. The SMILES string of the molecule is NCC(O)COc1nsnc1N1CCOCC1. The van der Waals surface area contributed by atoms with Crippen molar-refractivity contribution in [3.63, 3.8) is 0 Å². The minimum atomic E-state index is -0.672. The summed E-state index contributed by atoms with van der Waals surface area (Å²) in [5.41, 5.74) is 5.30. The number of nitrogens with two attached hydrogens (primary N) is 1. The van der Waals surface area contributed by atoms with Crippen LogP contribution in [0.3, 0.4) is 0 Å². The summed E-state index contributed by atoms with van der Waals surface area (Å²) in [6, 6.07) is 0. The molecule has 0 aromatic carbocycles. The summed E-state index contributed by atoms with van der Waals surface area (Å²) >= 11 is 1.10. The Bertz CT molecular complexity index is 343. The average Bonchev–Trinajstić information content (AvgIpc) is 2.85. The summed E-state index contributed by atoms with van der Waals surface area (Å²) in [5.74, 6) is 1.19. The molecule has 0 bridgehead atoms. The van der Waals surface area contributed by atoms with E-state index in [1.807, 2.05) is 0 Å². The molecule has 1 atom stereocenters. The standard InChI is InChI=1S/C9H16N4O3S/c10-5-7(14)6-16-9-8(11-17-12-9)13-1-3-15-4-2-13/h7,14H,1-6,10H2. The Morgan fingerprint density at radius 1 is 1.47 bits per heavy atom. The number of hydrogen-bond acceptors (Lipinski definition) is 8. The number of nitrogens with zero attached hydrogens (tertiary/aromatic N) is 3. The van der Waals surface area contributed by atoms with E-state index < -0.39 is 6.10 Å². The highest BCUT2D eigenvalue weighted by molar-refractivity contribution is 6.99. The first-order valence-electron chi connectivity index (χ1n) is 5.47. The Labute approximate surface area is 103 Å². The predicted molar refractivity (Wildman–Crippen MR) is 63.5 cm³/mol. The molecule has 1 aromatic heterocycles. The van der Waals surface area contributed by atoms with Crippen molar-refractivity contribution in [3.05, 3.63) is 0 Å². The second-order valence-electron chi connectivity index (χ2n) is 3.69. The lowest BCUT2D eigenvalue weighted by Gasteiger charge is -2.26. The van der Waals surface area contributed by atoms with Gasteiger partial charge >= 0.3 is 0 Å². The fourth-order valence-corrected chi connectivity index (χ4v) is 2.00. The number of ether oxygens (including phenoxy) is 2. The van der Waals surface area contributed by atoms with Crippen LogP contribution in [0.1, 0.15) is 0 Å². The molecule has 3 N–H and O–H groups in total. The van der Waals surface area contributed by atoms with Gasteiger partial charge < -0.3 is 25.2 Å². The third-order valence-electron chi connectivity index (χ3n) is 2.44. The minimum absolute atomic E-state index is 0.138. The Balaban J connectivity index is 1.95. The monoisotopic (exact) mass is 260 g/mol.